The van der Waals surface area contributed by atoms with E-state index in [0.717, 1.165) is 43.8 Å². The SMILES string of the molecule is C[C@H]1[C@H](NC(=O)c2ccc(Sc3ccccc3C(F)(F)F)s2)C2CCN1CC2. The van der Waals surface area contributed by atoms with Crippen molar-refractivity contribution in [3.05, 3.63) is 46.8 Å². The Kier molecular flexibility index (Phi) is 5.46. The van der Waals surface area contributed by atoms with Gasteiger partial charge in [0, 0.05) is 17.0 Å². The van der Waals surface area contributed by atoms with Crippen molar-refractivity contribution in [2.45, 2.75) is 47.1 Å². The Labute approximate surface area is 170 Å². The van der Waals surface area contributed by atoms with Crippen molar-refractivity contribution in [1.82, 2.24) is 10.2 Å². The van der Waals surface area contributed by atoms with E-state index in [4.69, 9.17) is 0 Å². The Balaban J connectivity index is 1.46. The zero-order chi connectivity index (χ0) is 19.9. The Morgan fingerprint density at radius 1 is 1.18 bits per heavy atom. The molecule has 0 spiro atoms. The van der Waals surface area contributed by atoms with Gasteiger partial charge in [-0.2, -0.15) is 13.2 Å². The fourth-order valence-electron chi connectivity index (χ4n) is 4.16. The second-order valence-electron chi connectivity index (χ2n) is 7.33. The van der Waals surface area contributed by atoms with E-state index in [1.54, 1.807) is 18.2 Å². The number of thiophene rings is 1. The maximum absolute atomic E-state index is 13.2. The quantitative estimate of drug-likeness (QED) is 0.736. The molecule has 2 bridgehead atoms. The average Bonchev–Trinajstić information content (AvgIpc) is 3.13. The summed E-state index contributed by atoms with van der Waals surface area (Å²) in [5.74, 6) is 0.378. The van der Waals surface area contributed by atoms with Crippen LogP contribution in [-0.2, 0) is 6.18 Å². The highest BCUT2D eigenvalue weighted by Gasteiger charge is 2.40. The first-order valence-corrected chi connectivity index (χ1v) is 10.9. The van der Waals surface area contributed by atoms with Gasteiger partial charge in [0.05, 0.1) is 14.6 Å². The molecular weight excluding hydrogens is 405 g/mol. The highest BCUT2D eigenvalue weighted by Crippen LogP contribution is 2.41. The largest absolute Gasteiger partial charge is 0.417 e. The lowest BCUT2D eigenvalue weighted by Gasteiger charge is -2.49. The fourth-order valence-corrected chi connectivity index (χ4v) is 6.30. The van der Waals surface area contributed by atoms with E-state index < -0.39 is 11.7 Å². The first-order valence-electron chi connectivity index (χ1n) is 9.32. The summed E-state index contributed by atoms with van der Waals surface area (Å²) in [6.45, 7) is 4.34. The molecule has 150 valence electrons. The molecule has 0 unspecified atom stereocenters. The molecule has 3 fully saturated rings. The topological polar surface area (TPSA) is 32.3 Å². The van der Waals surface area contributed by atoms with Crippen molar-refractivity contribution in [3.8, 4) is 0 Å². The van der Waals surface area contributed by atoms with Gasteiger partial charge in [-0.3, -0.25) is 9.69 Å². The number of benzene rings is 1. The van der Waals surface area contributed by atoms with E-state index in [1.165, 1.54) is 23.5 Å². The van der Waals surface area contributed by atoms with Crippen LogP contribution >= 0.6 is 23.1 Å². The number of nitrogens with zero attached hydrogens (tertiary/aromatic N) is 1. The van der Waals surface area contributed by atoms with Crippen LogP contribution in [-0.4, -0.2) is 36.0 Å². The molecule has 1 aromatic carbocycles. The highest BCUT2D eigenvalue weighted by atomic mass is 32.2. The highest BCUT2D eigenvalue weighted by molar-refractivity contribution is 8.01. The van der Waals surface area contributed by atoms with Gasteiger partial charge in [-0.25, -0.2) is 0 Å². The van der Waals surface area contributed by atoms with E-state index >= 15 is 0 Å². The van der Waals surface area contributed by atoms with Crippen LogP contribution in [0.15, 0.2) is 45.5 Å². The summed E-state index contributed by atoms with van der Waals surface area (Å²) in [5.41, 5.74) is -0.652. The van der Waals surface area contributed by atoms with Crippen molar-refractivity contribution < 1.29 is 18.0 Å². The molecule has 3 nitrogen and oxygen atoms in total. The fraction of sp³-hybridized carbons (Fsp3) is 0.450. The van der Waals surface area contributed by atoms with Crippen LogP contribution in [0.5, 0.6) is 0 Å². The summed E-state index contributed by atoms with van der Waals surface area (Å²) >= 11 is 2.28. The van der Waals surface area contributed by atoms with E-state index in [0.29, 0.717) is 21.0 Å². The van der Waals surface area contributed by atoms with Crippen molar-refractivity contribution in [2.75, 3.05) is 13.1 Å². The molecule has 28 heavy (non-hydrogen) atoms. The molecule has 3 saturated heterocycles. The van der Waals surface area contributed by atoms with E-state index in [2.05, 4.69) is 17.1 Å². The average molecular weight is 427 g/mol. The van der Waals surface area contributed by atoms with Gasteiger partial charge >= 0.3 is 6.18 Å². The van der Waals surface area contributed by atoms with E-state index in [-0.39, 0.29) is 16.8 Å². The van der Waals surface area contributed by atoms with Crippen molar-refractivity contribution in [2.24, 2.45) is 5.92 Å². The van der Waals surface area contributed by atoms with Gasteiger partial charge in [0.15, 0.2) is 0 Å². The molecule has 2 atom stereocenters. The maximum atomic E-state index is 13.2. The predicted molar refractivity (Wildman–Crippen MR) is 105 cm³/mol. The lowest BCUT2D eigenvalue weighted by molar-refractivity contribution is -0.139. The standard InChI is InChI=1S/C20H21F3N2OS2/c1-12-18(13-8-10-25(12)11-9-13)24-19(26)16-6-7-17(28-16)27-15-5-3-2-4-14(15)20(21,22)23/h2-7,12-13,18H,8-11H2,1H3,(H,24,26)/t12-,18-/m0/s1. The van der Waals surface area contributed by atoms with Crippen LogP contribution in [0.3, 0.4) is 0 Å². The first-order chi connectivity index (χ1) is 13.3. The number of fused-ring (bicyclic) bond motifs is 3. The zero-order valence-electron chi connectivity index (χ0n) is 15.3. The van der Waals surface area contributed by atoms with Gasteiger partial charge in [0.1, 0.15) is 0 Å². The maximum Gasteiger partial charge on any atom is 0.417 e. The summed E-state index contributed by atoms with van der Waals surface area (Å²) in [6, 6.07) is 9.40. The minimum Gasteiger partial charge on any atom is -0.347 e. The van der Waals surface area contributed by atoms with Crippen LogP contribution in [0, 0.1) is 5.92 Å². The monoisotopic (exact) mass is 426 g/mol. The van der Waals surface area contributed by atoms with Crippen LogP contribution in [0.2, 0.25) is 0 Å². The van der Waals surface area contributed by atoms with Crippen molar-refractivity contribution in [3.63, 3.8) is 0 Å². The van der Waals surface area contributed by atoms with Gasteiger partial charge in [-0.15, -0.1) is 11.3 Å². The predicted octanol–water partition coefficient (Wildman–Crippen LogP) is 5.13. The Hall–Kier alpha value is -1.51. The third kappa shape index (κ3) is 3.95. The number of halogens is 3. The lowest BCUT2D eigenvalue weighted by atomic mass is 9.79. The number of nitrogens with one attached hydrogen (secondary N) is 1. The Bertz CT molecular complexity index is 857. The zero-order valence-corrected chi connectivity index (χ0v) is 17.0. The molecule has 3 aliphatic heterocycles. The summed E-state index contributed by atoms with van der Waals surface area (Å²) in [5, 5.41) is 3.17. The van der Waals surface area contributed by atoms with Crippen molar-refractivity contribution >= 4 is 29.0 Å². The van der Waals surface area contributed by atoms with Crippen LogP contribution in [0.25, 0.3) is 0 Å². The van der Waals surface area contributed by atoms with Crippen LogP contribution in [0.4, 0.5) is 13.2 Å². The number of carbonyl (C=O) groups is 1. The number of hydrogen-bond acceptors (Lipinski definition) is 4. The summed E-state index contributed by atoms with van der Waals surface area (Å²) in [7, 11) is 0. The molecular formula is C20H21F3N2OS2. The molecule has 2 aromatic rings. The molecule has 1 aromatic heterocycles. The molecule has 0 saturated carbocycles. The van der Waals surface area contributed by atoms with Crippen LogP contribution < -0.4 is 5.32 Å². The van der Waals surface area contributed by atoms with E-state index in [1.807, 2.05) is 0 Å². The number of rotatable bonds is 4. The first kappa shape index (κ1) is 19.8. The number of piperidine rings is 3. The minimum atomic E-state index is -4.40. The Morgan fingerprint density at radius 2 is 1.89 bits per heavy atom. The second kappa shape index (κ2) is 7.72. The Morgan fingerprint density at radius 3 is 2.57 bits per heavy atom. The van der Waals surface area contributed by atoms with Gasteiger partial charge in [0.2, 0.25) is 0 Å². The third-order valence-electron chi connectivity index (χ3n) is 5.68. The van der Waals surface area contributed by atoms with Gasteiger partial charge in [0.25, 0.3) is 5.91 Å². The second-order valence-corrected chi connectivity index (χ2v) is 9.75. The molecule has 1 amide bonds. The third-order valence-corrected chi connectivity index (χ3v) is 7.98. The van der Waals surface area contributed by atoms with E-state index in [9.17, 15) is 18.0 Å². The lowest BCUT2D eigenvalue weighted by Crippen LogP contribution is -2.62. The number of amides is 1. The molecule has 4 heterocycles. The number of carbonyl (C=O) groups excluding carboxylic acids is 1. The van der Waals surface area contributed by atoms with Gasteiger partial charge in [-0.1, -0.05) is 23.9 Å². The summed E-state index contributed by atoms with van der Waals surface area (Å²) in [6.07, 6.45) is -2.18. The minimum absolute atomic E-state index is 0.133. The number of hydrogen-bond donors (Lipinski definition) is 1. The normalized spacial score (nSPS) is 27.0. The molecule has 3 aliphatic rings. The van der Waals surface area contributed by atoms with Gasteiger partial charge in [-0.05, 0) is 63.0 Å². The summed E-state index contributed by atoms with van der Waals surface area (Å²) < 4.78 is 40.2. The summed E-state index contributed by atoms with van der Waals surface area (Å²) in [4.78, 5) is 15.8. The van der Waals surface area contributed by atoms with Gasteiger partial charge < -0.3 is 5.32 Å². The smallest absolute Gasteiger partial charge is 0.347 e. The molecule has 1 N–H and O–H groups in total. The van der Waals surface area contributed by atoms with Crippen molar-refractivity contribution in [1.29, 1.82) is 0 Å². The molecule has 0 radical (unpaired) electrons. The number of alkyl halides is 3. The molecule has 0 aliphatic carbocycles. The molecule has 5 rings (SSSR count). The molecule has 8 heteroatoms. The van der Waals surface area contributed by atoms with Crippen LogP contribution in [0.1, 0.15) is 35.0 Å².